The second kappa shape index (κ2) is 6.29. The molecule has 0 saturated carbocycles. The number of esters is 1. The van der Waals surface area contributed by atoms with E-state index in [0.29, 0.717) is 10.0 Å². The number of carbonyl (C=O) groups is 2. The lowest BCUT2D eigenvalue weighted by atomic mass is 10.3. The van der Waals surface area contributed by atoms with Crippen LogP contribution in [-0.2, 0) is 4.74 Å². The molecule has 1 aromatic heterocycles. The van der Waals surface area contributed by atoms with E-state index >= 15 is 0 Å². The number of anilines is 2. The summed E-state index contributed by atoms with van der Waals surface area (Å²) in [7, 11) is 0. The monoisotopic (exact) mass is 290 g/mol. The van der Waals surface area contributed by atoms with Crippen LogP contribution >= 0.6 is 11.3 Å². The Kier molecular flexibility index (Phi) is 4.47. The average molecular weight is 290 g/mol. The van der Waals surface area contributed by atoms with E-state index in [9.17, 15) is 9.59 Å². The smallest absolute Gasteiger partial charge is 0.358 e. The molecule has 104 valence electrons. The first-order valence-electron chi connectivity index (χ1n) is 6.12. The topological polar surface area (TPSA) is 68.3 Å². The molecule has 1 N–H and O–H groups in total. The second-order valence-electron chi connectivity index (χ2n) is 3.96. The highest BCUT2D eigenvalue weighted by molar-refractivity contribution is 7.17. The van der Waals surface area contributed by atoms with Gasteiger partial charge in [-0.3, -0.25) is 4.79 Å². The van der Waals surface area contributed by atoms with Gasteiger partial charge in [0.2, 0.25) is 0 Å². The zero-order valence-corrected chi connectivity index (χ0v) is 12.0. The SMILES string of the molecule is CCOC(=O)c1nc(Nc2ccccc2)sc1C(C)=O. The minimum atomic E-state index is -0.574. The summed E-state index contributed by atoms with van der Waals surface area (Å²) < 4.78 is 4.91. The van der Waals surface area contributed by atoms with E-state index in [-0.39, 0.29) is 18.1 Å². The second-order valence-corrected chi connectivity index (χ2v) is 4.96. The normalized spacial score (nSPS) is 10.1. The van der Waals surface area contributed by atoms with Crippen LogP contribution in [0.25, 0.3) is 0 Å². The van der Waals surface area contributed by atoms with Crippen molar-refractivity contribution < 1.29 is 14.3 Å². The predicted molar refractivity (Wildman–Crippen MR) is 77.8 cm³/mol. The molecule has 0 atom stereocenters. The number of Topliss-reactive ketones (excluding diaryl/α,β-unsaturated/α-hetero) is 1. The lowest BCUT2D eigenvalue weighted by molar-refractivity contribution is 0.0517. The zero-order valence-electron chi connectivity index (χ0n) is 11.2. The van der Waals surface area contributed by atoms with E-state index < -0.39 is 5.97 Å². The van der Waals surface area contributed by atoms with Crippen LogP contribution in [0.5, 0.6) is 0 Å². The van der Waals surface area contributed by atoms with Gasteiger partial charge in [0.15, 0.2) is 16.6 Å². The molecule has 0 aliphatic carbocycles. The summed E-state index contributed by atoms with van der Waals surface area (Å²) in [6.07, 6.45) is 0. The number of ketones is 1. The van der Waals surface area contributed by atoms with Gasteiger partial charge < -0.3 is 10.1 Å². The molecule has 0 aliphatic heterocycles. The van der Waals surface area contributed by atoms with Crippen LogP contribution in [0.4, 0.5) is 10.8 Å². The van der Waals surface area contributed by atoms with Crippen LogP contribution in [0.3, 0.4) is 0 Å². The van der Waals surface area contributed by atoms with E-state index in [0.717, 1.165) is 17.0 Å². The summed E-state index contributed by atoms with van der Waals surface area (Å²) in [5.74, 6) is -0.776. The number of hydrogen-bond donors (Lipinski definition) is 1. The Bertz CT molecular complexity index is 623. The lowest BCUT2D eigenvalue weighted by Crippen LogP contribution is -2.09. The Labute approximate surface area is 120 Å². The molecule has 0 aliphatic rings. The van der Waals surface area contributed by atoms with Crippen molar-refractivity contribution in [2.75, 3.05) is 11.9 Å². The summed E-state index contributed by atoms with van der Waals surface area (Å²) in [5, 5.41) is 3.55. The number of thiazole rings is 1. The largest absolute Gasteiger partial charge is 0.461 e. The van der Waals surface area contributed by atoms with Gasteiger partial charge >= 0.3 is 5.97 Å². The highest BCUT2D eigenvalue weighted by atomic mass is 32.1. The highest BCUT2D eigenvalue weighted by Gasteiger charge is 2.22. The predicted octanol–water partition coefficient (Wildman–Crippen LogP) is 3.27. The molecule has 0 bridgehead atoms. The Hall–Kier alpha value is -2.21. The number of para-hydroxylation sites is 1. The van der Waals surface area contributed by atoms with E-state index in [4.69, 9.17) is 4.74 Å². The molecule has 6 heteroatoms. The third-order valence-corrected chi connectivity index (χ3v) is 3.51. The van der Waals surface area contributed by atoms with Gasteiger partial charge in [0.05, 0.1) is 6.61 Å². The van der Waals surface area contributed by atoms with Crippen molar-refractivity contribution in [3.63, 3.8) is 0 Å². The fourth-order valence-corrected chi connectivity index (χ4v) is 2.46. The van der Waals surface area contributed by atoms with Gasteiger partial charge in [-0.15, -0.1) is 0 Å². The number of benzene rings is 1. The van der Waals surface area contributed by atoms with Crippen LogP contribution in [0.2, 0.25) is 0 Å². The van der Waals surface area contributed by atoms with Gasteiger partial charge in [-0.05, 0) is 19.1 Å². The van der Waals surface area contributed by atoms with Gasteiger partial charge in [-0.2, -0.15) is 0 Å². The zero-order chi connectivity index (χ0) is 14.5. The maximum Gasteiger partial charge on any atom is 0.358 e. The number of hydrogen-bond acceptors (Lipinski definition) is 6. The van der Waals surface area contributed by atoms with Crippen molar-refractivity contribution in [3.8, 4) is 0 Å². The van der Waals surface area contributed by atoms with Crippen molar-refractivity contribution in [1.29, 1.82) is 0 Å². The van der Waals surface area contributed by atoms with E-state index in [1.54, 1.807) is 6.92 Å². The molecular formula is C14H14N2O3S. The molecule has 2 aromatic rings. The molecule has 5 nitrogen and oxygen atoms in total. The fourth-order valence-electron chi connectivity index (χ4n) is 1.59. The maximum absolute atomic E-state index is 11.8. The van der Waals surface area contributed by atoms with Gasteiger partial charge in [-0.25, -0.2) is 9.78 Å². The molecule has 1 heterocycles. The first kappa shape index (κ1) is 14.2. The van der Waals surface area contributed by atoms with Crippen LogP contribution < -0.4 is 5.32 Å². The number of rotatable bonds is 5. The molecule has 20 heavy (non-hydrogen) atoms. The van der Waals surface area contributed by atoms with Crippen molar-refractivity contribution in [3.05, 3.63) is 40.9 Å². The van der Waals surface area contributed by atoms with Crippen molar-refractivity contribution >= 4 is 33.9 Å². The molecule has 0 unspecified atom stereocenters. The quantitative estimate of drug-likeness (QED) is 0.676. The van der Waals surface area contributed by atoms with Gasteiger partial charge in [0, 0.05) is 12.6 Å². The molecule has 0 saturated heterocycles. The number of carbonyl (C=O) groups excluding carboxylic acids is 2. The maximum atomic E-state index is 11.8. The summed E-state index contributed by atoms with van der Waals surface area (Å²) in [6.45, 7) is 3.36. The fraction of sp³-hybridized carbons (Fsp3) is 0.214. The van der Waals surface area contributed by atoms with Crippen LogP contribution in [0, 0.1) is 0 Å². The number of nitrogens with zero attached hydrogens (tertiary/aromatic N) is 1. The molecule has 1 aromatic carbocycles. The van der Waals surface area contributed by atoms with E-state index in [2.05, 4.69) is 10.3 Å². The third-order valence-electron chi connectivity index (χ3n) is 2.44. The summed E-state index contributed by atoms with van der Waals surface area (Å²) in [5.41, 5.74) is 0.912. The van der Waals surface area contributed by atoms with Gasteiger partial charge in [0.25, 0.3) is 0 Å². The number of ether oxygens (including phenoxy) is 1. The summed E-state index contributed by atoms with van der Waals surface area (Å²) >= 11 is 1.14. The number of aromatic nitrogens is 1. The Morgan fingerprint density at radius 2 is 2.00 bits per heavy atom. The van der Waals surface area contributed by atoms with Crippen molar-refractivity contribution in [2.45, 2.75) is 13.8 Å². The van der Waals surface area contributed by atoms with Gasteiger partial charge in [0.1, 0.15) is 4.88 Å². The molecular weight excluding hydrogens is 276 g/mol. The Balaban J connectivity index is 2.29. The van der Waals surface area contributed by atoms with E-state index in [1.165, 1.54) is 6.92 Å². The minimum absolute atomic E-state index is 0.0720. The number of nitrogens with one attached hydrogen (secondary N) is 1. The average Bonchev–Trinajstić information content (AvgIpc) is 2.84. The van der Waals surface area contributed by atoms with Crippen molar-refractivity contribution in [1.82, 2.24) is 4.98 Å². The van der Waals surface area contributed by atoms with Gasteiger partial charge in [-0.1, -0.05) is 29.5 Å². The van der Waals surface area contributed by atoms with Crippen LogP contribution in [-0.4, -0.2) is 23.3 Å². The third kappa shape index (κ3) is 3.21. The standard InChI is InChI=1S/C14H14N2O3S/c1-3-19-13(18)11-12(9(2)17)20-14(16-11)15-10-7-5-4-6-8-10/h4-8H,3H2,1-2H3,(H,15,16). The first-order chi connectivity index (χ1) is 9.61. The molecule has 0 spiro atoms. The summed E-state index contributed by atoms with van der Waals surface area (Å²) in [6, 6.07) is 9.41. The van der Waals surface area contributed by atoms with Crippen LogP contribution in [0.15, 0.2) is 30.3 Å². The minimum Gasteiger partial charge on any atom is -0.461 e. The first-order valence-corrected chi connectivity index (χ1v) is 6.94. The van der Waals surface area contributed by atoms with E-state index in [1.807, 2.05) is 30.3 Å². The summed E-state index contributed by atoms with van der Waals surface area (Å²) in [4.78, 5) is 27.8. The Morgan fingerprint density at radius 1 is 1.30 bits per heavy atom. The van der Waals surface area contributed by atoms with Crippen LogP contribution in [0.1, 0.15) is 34.0 Å². The molecule has 0 fully saturated rings. The highest BCUT2D eigenvalue weighted by Crippen LogP contribution is 2.27. The molecule has 0 amide bonds. The molecule has 2 rings (SSSR count). The Morgan fingerprint density at radius 3 is 2.60 bits per heavy atom. The lowest BCUT2D eigenvalue weighted by Gasteiger charge is -2.00. The van der Waals surface area contributed by atoms with Crippen molar-refractivity contribution in [2.24, 2.45) is 0 Å². The molecule has 0 radical (unpaired) electrons.